The van der Waals surface area contributed by atoms with Crippen LogP contribution in [0.1, 0.15) is 34.3 Å². The summed E-state index contributed by atoms with van der Waals surface area (Å²) < 4.78 is 0. The molecule has 0 aromatic heterocycles. The van der Waals surface area contributed by atoms with Crippen LogP contribution >= 0.6 is 0 Å². The van der Waals surface area contributed by atoms with Crippen molar-refractivity contribution in [3.8, 4) is 11.1 Å². The third-order valence-electron chi connectivity index (χ3n) is 6.28. The molecule has 0 spiro atoms. The Kier molecular flexibility index (Phi) is 5.90. The molecule has 1 fully saturated rings. The molecule has 0 atom stereocenters. The van der Waals surface area contributed by atoms with Crippen LogP contribution in [-0.4, -0.2) is 23.3 Å². The molecule has 0 aliphatic carbocycles. The number of amides is 2. The molecular formula is C29H26N2O2. The van der Waals surface area contributed by atoms with Crippen molar-refractivity contribution < 1.29 is 9.59 Å². The van der Waals surface area contributed by atoms with Crippen molar-refractivity contribution >= 4 is 22.6 Å². The van der Waals surface area contributed by atoms with E-state index in [9.17, 15) is 9.59 Å². The third kappa shape index (κ3) is 4.65. The van der Waals surface area contributed by atoms with Crippen LogP contribution in [-0.2, 0) is 17.9 Å². The second-order valence-electron chi connectivity index (χ2n) is 8.52. The van der Waals surface area contributed by atoms with Crippen molar-refractivity contribution in [3.05, 3.63) is 108 Å². The minimum atomic E-state index is -0.0822. The lowest BCUT2D eigenvalue weighted by atomic mass is 9.98. The summed E-state index contributed by atoms with van der Waals surface area (Å²) in [6.45, 7) is 1.97. The van der Waals surface area contributed by atoms with E-state index in [1.165, 1.54) is 0 Å². The number of nitrogens with zero attached hydrogens (tertiary/aromatic N) is 1. The molecule has 1 heterocycles. The van der Waals surface area contributed by atoms with Crippen LogP contribution in [0.3, 0.4) is 0 Å². The molecule has 164 valence electrons. The topological polar surface area (TPSA) is 49.4 Å². The molecule has 4 aromatic carbocycles. The van der Waals surface area contributed by atoms with Gasteiger partial charge >= 0.3 is 0 Å². The molecule has 5 rings (SSSR count). The molecular weight excluding hydrogens is 408 g/mol. The van der Waals surface area contributed by atoms with Gasteiger partial charge in [0.15, 0.2) is 0 Å². The first-order valence-corrected chi connectivity index (χ1v) is 11.4. The van der Waals surface area contributed by atoms with Gasteiger partial charge in [-0.3, -0.25) is 9.59 Å². The van der Waals surface area contributed by atoms with Crippen LogP contribution in [0.25, 0.3) is 21.9 Å². The summed E-state index contributed by atoms with van der Waals surface area (Å²) >= 11 is 0. The number of carbonyl (C=O) groups excluding carboxylic acids is 2. The number of fused-ring (bicyclic) bond motifs is 1. The molecule has 4 aromatic rings. The standard InChI is InChI=1S/C29H26N2O2/c32-28-10-5-17-31(28)20-21-11-13-23(14-12-21)27-9-4-3-8-26(27)19-30-29(33)25-16-15-22-6-1-2-7-24(22)18-25/h1-4,6-9,11-16,18H,5,10,17,19-20H2,(H,30,33). The van der Waals surface area contributed by atoms with Gasteiger partial charge < -0.3 is 10.2 Å². The third-order valence-corrected chi connectivity index (χ3v) is 6.28. The van der Waals surface area contributed by atoms with Crippen LogP contribution in [0.5, 0.6) is 0 Å². The van der Waals surface area contributed by atoms with E-state index in [1.807, 2.05) is 65.6 Å². The number of benzene rings is 4. The minimum Gasteiger partial charge on any atom is -0.348 e. The number of hydrogen-bond donors (Lipinski definition) is 1. The lowest BCUT2D eigenvalue weighted by Gasteiger charge is -2.16. The van der Waals surface area contributed by atoms with E-state index in [1.54, 1.807) is 0 Å². The number of likely N-dealkylation sites (tertiary alicyclic amines) is 1. The van der Waals surface area contributed by atoms with Gasteiger partial charge in [-0.15, -0.1) is 0 Å². The van der Waals surface area contributed by atoms with Gasteiger partial charge in [0, 0.05) is 31.6 Å². The smallest absolute Gasteiger partial charge is 0.251 e. The number of rotatable bonds is 6. The fraction of sp³-hybridized carbons (Fsp3) is 0.172. The van der Waals surface area contributed by atoms with E-state index in [-0.39, 0.29) is 11.8 Å². The maximum absolute atomic E-state index is 12.8. The molecule has 1 saturated heterocycles. The first-order chi connectivity index (χ1) is 16.2. The molecule has 1 aliphatic rings. The highest BCUT2D eigenvalue weighted by molar-refractivity contribution is 5.98. The fourth-order valence-corrected chi connectivity index (χ4v) is 4.45. The Hall–Kier alpha value is -3.92. The van der Waals surface area contributed by atoms with Crippen LogP contribution in [0.15, 0.2) is 91.0 Å². The van der Waals surface area contributed by atoms with E-state index in [0.29, 0.717) is 25.1 Å². The predicted molar refractivity (Wildman–Crippen MR) is 132 cm³/mol. The first kappa shape index (κ1) is 21.0. The molecule has 33 heavy (non-hydrogen) atoms. The second kappa shape index (κ2) is 9.29. The minimum absolute atomic E-state index is 0.0822. The average molecular weight is 435 g/mol. The lowest BCUT2D eigenvalue weighted by molar-refractivity contribution is -0.128. The zero-order valence-electron chi connectivity index (χ0n) is 18.5. The predicted octanol–water partition coefficient (Wildman–Crippen LogP) is 5.56. The molecule has 2 amide bonds. The highest BCUT2D eigenvalue weighted by Crippen LogP contribution is 2.25. The average Bonchev–Trinajstić information content (AvgIpc) is 3.27. The van der Waals surface area contributed by atoms with Crippen molar-refractivity contribution in [1.29, 1.82) is 0 Å². The summed E-state index contributed by atoms with van der Waals surface area (Å²) in [5.41, 5.74) is 5.05. The zero-order valence-corrected chi connectivity index (χ0v) is 18.5. The normalized spacial score (nSPS) is 13.5. The van der Waals surface area contributed by atoms with Crippen LogP contribution in [0.4, 0.5) is 0 Å². The Morgan fingerprint density at radius 2 is 1.61 bits per heavy atom. The van der Waals surface area contributed by atoms with E-state index in [2.05, 4.69) is 35.6 Å². The Labute approximate surface area is 193 Å². The molecule has 0 unspecified atom stereocenters. The van der Waals surface area contributed by atoms with Crippen molar-refractivity contribution in [1.82, 2.24) is 10.2 Å². The molecule has 0 radical (unpaired) electrons. The molecule has 0 saturated carbocycles. The maximum Gasteiger partial charge on any atom is 0.251 e. The monoisotopic (exact) mass is 434 g/mol. The summed E-state index contributed by atoms with van der Waals surface area (Å²) in [5, 5.41) is 5.25. The maximum atomic E-state index is 12.8. The van der Waals surface area contributed by atoms with Gasteiger partial charge in [0.05, 0.1) is 0 Å². The summed E-state index contributed by atoms with van der Waals surface area (Å²) in [6, 6.07) is 30.3. The van der Waals surface area contributed by atoms with Gasteiger partial charge in [-0.25, -0.2) is 0 Å². The Balaban J connectivity index is 1.29. The molecule has 1 aliphatic heterocycles. The Bertz CT molecular complexity index is 1310. The van der Waals surface area contributed by atoms with E-state index >= 15 is 0 Å². The molecule has 4 heteroatoms. The SMILES string of the molecule is O=C(NCc1ccccc1-c1ccc(CN2CCCC2=O)cc1)c1ccc2ccccc2c1. The molecule has 0 bridgehead atoms. The summed E-state index contributed by atoms with van der Waals surface area (Å²) in [7, 11) is 0. The highest BCUT2D eigenvalue weighted by Gasteiger charge is 2.20. The van der Waals surface area contributed by atoms with Crippen molar-refractivity contribution in [3.63, 3.8) is 0 Å². The Morgan fingerprint density at radius 3 is 2.39 bits per heavy atom. The quantitative estimate of drug-likeness (QED) is 0.432. The van der Waals surface area contributed by atoms with Gasteiger partial charge in [0.2, 0.25) is 5.91 Å². The fourth-order valence-electron chi connectivity index (χ4n) is 4.45. The number of carbonyl (C=O) groups is 2. The van der Waals surface area contributed by atoms with Crippen LogP contribution < -0.4 is 5.32 Å². The zero-order chi connectivity index (χ0) is 22.6. The summed E-state index contributed by atoms with van der Waals surface area (Å²) in [6.07, 6.45) is 1.62. The van der Waals surface area contributed by atoms with Crippen LogP contribution in [0, 0.1) is 0 Å². The van der Waals surface area contributed by atoms with Gasteiger partial charge in [0.25, 0.3) is 5.91 Å². The van der Waals surface area contributed by atoms with Crippen molar-refractivity contribution in [2.45, 2.75) is 25.9 Å². The van der Waals surface area contributed by atoms with E-state index < -0.39 is 0 Å². The van der Waals surface area contributed by atoms with Crippen molar-refractivity contribution in [2.24, 2.45) is 0 Å². The Morgan fingerprint density at radius 1 is 0.848 bits per heavy atom. The van der Waals surface area contributed by atoms with Crippen molar-refractivity contribution in [2.75, 3.05) is 6.54 Å². The lowest BCUT2D eigenvalue weighted by Crippen LogP contribution is -2.23. The van der Waals surface area contributed by atoms with E-state index in [0.717, 1.165) is 46.0 Å². The second-order valence-corrected chi connectivity index (χ2v) is 8.52. The number of hydrogen-bond acceptors (Lipinski definition) is 2. The number of nitrogens with one attached hydrogen (secondary N) is 1. The van der Waals surface area contributed by atoms with Crippen LogP contribution in [0.2, 0.25) is 0 Å². The summed E-state index contributed by atoms with van der Waals surface area (Å²) in [5.74, 6) is 0.160. The van der Waals surface area contributed by atoms with Gasteiger partial charge in [-0.2, -0.15) is 0 Å². The highest BCUT2D eigenvalue weighted by atomic mass is 16.2. The van der Waals surface area contributed by atoms with E-state index in [4.69, 9.17) is 0 Å². The largest absolute Gasteiger partial charge is 0.348 e. The van der Waals surface area contributed by atoms with Gasteiger partial charge in [-0.1, -0.05) is 78.9 Å². The van der Waals surface area contributed by atoms with Gasteiger partial charge in [-0.05, 0) is 51.6 Å². The van der Waals surface area contributed by atoms with Gasteiger partial charge in [0.1, 0.15) is 0 Å². The molecule has 1 N–H and O–H groups in total. The summed E-state index contributed by atoms with van der Waals surface area (Å²) in [4.78, 5) is 26.6. The first-order valence-electron chi connectivity index (χ1n) is 11.4. The molecule has 4 nitrogen and oxygen atoms in total.